The Hall–Kier alpha value is -1.55. The van der Waals surface area contributed by atoms with Crippen LogP contribution in [0.1, 0.15) is 29.8 Å². The van der Waals surface area contributed by atoms with Crippen LogP contribution in [0.2, 0.25) is 0 Å². The zero-order valence-corrected chi connectivity index (χ0v) is 11.4. The highest BCUT2D eigenvalue weighted by Gasteiger charge is 2.02. The van der Waals surface area contributed by atoms with Crippen molar-refractivity contribution >= 4 is 17.5 Å². The molecule has 3 nitrogen and oxygen atoms in total. The van der Waals surface area contributed by atoms with E-state index in [2.05, 4.69) is 18.2 Å². The SMILES string of the molecule is CCn1cc(CSc2cccc(C(C)=O)c2)cn1. The van der Waals surface area contributed by atoms with E-state index >= 15 is 0 Å². The Balaban J connectivity index is 2.01. The number of benzene rings is 1. The van der Waals surface area contributed by atoms with Crippen molar-refractivity contribution in [3.63, 3.8) is 0 Å². The molecule has 1 aromatic carbocycles. The Morgan fingerprint density at radius 3 is 2.94 bits per heavy atom. The van der Waals surface area contributed by atoms with Gasteiger partial charge in [0.15, 0.2) is 5.78 Å². The molecular weight excluding hydrogens is 244 g/mol. The van der Waals surface area contributed by atoms with Crippen molar-refractivity contribution in [3.05, 3.63) is 47.8 Å². The highest BCUT2D eigenvalue weighted by molar-refractivity contribution is 7.98. The molecule has 2 rings (SSSR count). The third-order valence-corrected chi connectivity index (χ3v) is 3.72. The Labute approximate surface area is 111 Å². The fourth-order valence-corrected chi connectivity index (χ4v) is 2.49. The van der Waals surface area contributed by atoms with E-state index in [0.717, 1.165) is 22.8 Å². The van der Waals surface area contributed by atoms with Gasteiger partial charge in [-0.05, 0) is 26.0 Å². The van der Waals surface area contributed by atoms with Gasteiger partial charge in [0, 0.05) is 34.5 Å². The summed E-state index contributed by atoms with van der Waals surface area (Å²) in [5.41, 5.74) is 1.97. The molecule has 0 bridgehead atoms. The zero-order valence-electron chi connectivity index (χ0n) is 10.6. The van der Waals surface area contributed by atoms with Gasteiger partial charge >= 0.3 is 0 Å². The van der Waals surface area contributed by atoms with Crippen molar-refractivity contribution in [2.24, 2.45) is 0 Å². The van der Waals surface area contributed by atoms with Crippen molar-refractivity contribution in [1.29, 1.82) is 0 Å². The van der Waals surface area contributed by atoms with Crippen LogP contribution in [0.25, 0.3) is 0 Å². The number of aryl methyl sites for hydroxylation is 1. The molecule has 18 heavy (non-hydrogen) atoms. The smallest absolute Gasteiger partial charge is 0.159 e. The van der Waals surface area contributed by atoms with Crippen LogP contribution in [-0.2, 0) is 12.3 Å². The number of carbonyl (C=O) groups is 1. The Bertz CT molecular complexity index is 548. The third-order valence-electron chi connectivity index (χ3n) is 2.66. The van der Waals surface area contributed by atoms with Crippen molar-refractivity contribution in [1.82, 2.24) is 9.78 Å². The molecule has 0 radical (unpaired) electrons. The lowest BCUT2D eigenvalue weighted by Crippen LogP contribution is -1.92. The van der Waals surface area contributed by atoms with Gasteiger partial charge in [0.1, 0.15) is 0 Å². The summed E-state index contributed by atoms with van der Waals surface area (Å²) in [7, 11) is 0. The minimum Gasteiger partial charge on any atom is -0.295 e. The van der Waals surface area contributed by atoms with Gasteiger partial charge in [-0.3, -0.25) is 9.48 Å². The van der Waals surface area contributed by atoms with Crippen LogP contribution in [-0.4, -0.2) is 15.6 Å². The predicted molar refractivity (Wildman–Crippen MR) is 73.9 cm³/mol. The molecular formula is C14H16N2OS. The molecule has 94 valence electrons. The van der Waals surface area contributed by atoms with Crippen molar-refractivity contribution in [2.75, 3.05) is 0 Å². The number of hydrogen-bond acceptors (Lipinski definition) is 3. The summed E-state index contributed by atoms with van der Waals surface area (Å²) < 4.78 is 1.92. The lowest BCUT2D eigenvalue weighted by Gasteiger charge is -2.01. The summed E-state index contributed by atoms with van der Waals surface area (Å²) in [5, 5.41) is 4.24. The standard InChI is InChI=1S/C14H16N2OS/c1-3-16-9-12(8-15-16)10-18-14-6-4-5-13(7-14)11(2)17/h4-9H,3,10H2,1-2H3. The van der Waals surface area contributed by atoms with E-state index in [1.54, 1.807) is 18.7 Å². The van der Waals surface area contributed by atoms with Gasteiger partial charge in [0.25, 0.3) is 0 Å². The molecule has 1 heterocycles. The van der Waals surface area contributed by atoms with Gasteiger partial charge in [0.05, 0.1) is 6.20 Å². The summed E-state index contributed by atoms with van der Waals surface area (Å²) >= 11 is 1.72. The van der Waals surface area contributed by atoms with E-state index in [1.807, 2.05) is 35.1 Å². The van der Waals surface area contributed by atoms with Crippen LogP contribution >= 0.6 is 11.8 Å². The first kappa shape index (κ1) is 12.9. The van der Waals surface area contributed by atoms with Crippen LogP contribution < -0.4 is 0 Å². The van der Waals surface area contributed by atoms with Crippen LogP contribution in [0, 0.1) is 0 Å². The zero-order chi connectivity index (χ0) is 13.0. The van der Waals surface area contributed by atoms with E-state index in [4.69, 9.17) is 0 Å². The predicted octanol–water partition coefficient (Wildman–Crippen LogP) is 3.40. The maximum Gasteiger partial charge on any atom is 0.159 e. The van der Waals surface area contributed by atoms with Crippen molar-refractivity contribution in [3.8, 4) is 0 Å². The average Bonchev–Trinajstić information content (AvgIpc) is 2.84. The number of rotatable bonds is 5. The first-order valence-electron chi connectivity index (χ1n) is 5.94. The average molecular weight is 260 g/mol. The fraction of sp³-hybridized carbons (Fsp3) is 0.286. The number of carbonyl (C=O) groups excluding carboxylic acids is 1. The molecule has 0 aliphatic rings. The van der Waals surface area contributed by atoms with E-state index in [1.165, 1.54) is 5.56 Å². The van der Waals surface area contributed by atoms with Crippen LogP contribution in [0.4, 0.5) is 0 Å². The monoisotopic (exact) mass is 260 g/mol. The summed E-state index contributed by atoms with van der Waals surface area (Å²) in [4.78, 5) is 12.4. The second kappa shape index (κ2) is 5.87. The number of Topliss-reactive ketones (excluding diaryl/α,β-unsaturated/α-hetero) is 1. The second-order valence-electron chi connectivity index (χ2n) is 4.08. The minimum absolute atomic E-state index is 0.108. The second-order valence-corrected chi connectivity index (χ2v) is 5.13. The van der Waals surface area contributed by atoms with E-state index in [-0.39, 0.29) is 5.78 Å². The highest BCUT2D eigenvalue weighted by Crippen LogP contribution is 2.23. The number of hydrogen-bond donors (Lipinski definition) is 0. The molecule has 0 aliphatic heterocycles. The lowest BCUT2D eigenvalue weighted by molar-refractivity contribution is 0.101. The Kier molecular flexibility index (Phi) is 4.20. The maximum absolute atomic E-state index is 11.3. The molecule has 4 heteroatoms. The number of nitrogens with zero attached hydrogens (tertiary/aromatic N) is 2. The quantitative estimate of drug-likeness (QED) is 0.610. The van der Waals surface area contributed by atoms with Crippen molar-refractivity contribution in [2.45, 2.75) is 31.0 Å². The molecule has 0 spiro atoms. The van der Waals surface area contributed by atoms with Crippen LogP contribution in [0.3, 0.4) is 0 Å². The Morgan fingerprint density at radius 1 is 1.44 bits per heavy atom. The third kappa shape index (κ3) is 3.23. The summed E-state index contributed by atoms with van der Waals surface area (Å²) in [5.74, 6) is 0.984. The van der Waals surface area contributed by atoms with Gasteiger partial charge in [-0.15, -0.1) is 11.8 Å². The highest BCUT2D eigenvalue weighted by atomic mass is 32.2. The Morgan fingerprint density at radius 2 is 2.28 bits per heavy atom. The van der Waals surface area contributed by atoms with Gasteiger partial charge in [0.2, 0.25) is 0 Å². The molecule has 0 atom stereocenters. The molecule has 0 aliphatic carbocycles. The van der Waals surface area contributed by atoms with Gasteiger partial charge < -0.3 is 0 Å². The molecule has 0 amide bonds. The van der Waals surface area contributed by atoms with E-state index in [9.17, 15) is 4.79 Å². The van der Waals surface area contributed by atoms with E-state index in [0.29, 0.717) is 0 Å². The maximum atomic E-state index is 11.3. The number of ketones is 1. The van der Waals surface area contributed by atoms with Gasteiger partial charge in [-0.25, -0.2) is 0 Å². The number of aromatic nitrogens is 2. The lowest BCUT2D eigenvalue weighted by atomic mass is 10.2. The topological polar surface area (TPSA) is 34.9 Å². The number of thioether (sulfide) groups is 1. The first-order chi connectivity index (χ1) is 8.69. The molecule has 2 aromatic rings. The largest absolute Gasteiger partial charge is 0.295 e. The molecule has 1 aromatic heterocycles. The van der Waals surface area contributed by atoms with E-state index < -0.39 is 0 Å². The molecule has 0 N–H and O–H groups in total. The molecule has 0 saturated carbocycles. The van der Waals surface area contributed by atoms with Gasteiger partial charge in [-0.1, -0.05) is 12.1 Å². The molecule has 0 saturated heterocycles. The summed E-state index contributed by atoms with van der Waals surface area (Å²) in [6.45, 7) is 4.56. The van der Waals surface area contributed by atoms with Crippen LogP contribution in [0.5, 0.6) is 0 Å². The fourth-order valence-electron chi connectivity index (χ4n) is 1.63. The van der Waals surface area contributed by atoms with Crippen LogP contribution in [0.15, 0.2) is 41.6 Å². The minimum atomic E-state index is 0.108. The normalized spacial score (nSPS) is 10.6. The van der Waals surface area contributed by atoms with Gasteiger partial charge in [-0.2, -0.15) is 5.10 Å². The summed E-state index contributed by atoms with van der Waals surface area (Å²) in [6.07, 6.45) is 3.95. The molecule has 0 fully saturated rings. The first-order valence-corrected chi connectivity index (χ1v) is 6.92. The summed E-state index contributed by atoms with van der Waals surface area (Å²) in [6, 6.07) is 7.74. The van der Waals surface area contributed by atoms with Crippen molar-refractivity contribution < 1.29 is 4.79 Å². The molecule has 0 unspecified atom stereocenters.